The van der Waals surface area contributed by atoms with Gasteiger partial charge in [-0.1, -0.05) is 6.92 Å². The standard InChI is InChI=1S/C12H25NO2/c1-2-11(13)6-5-8-14-10-12-7-3-4-9-15-12/h11-12H,2-10,13H2,1H3. The summed E-state index contributed by atoms with van der Waals surface area (Å²) in [5, 5.41) is 0. The Labute approximate surface area is 93.3 Å². The second kappa shape index (κ2) is 8.08. The quantitative estimate of drug-likeness (QED) is 0.661. The summed E-state index contributed by atoms with van der Waals surface area (Å²) in [6, 6.07) is 0.347. The number of rotatable bonds is 7. The summed E-state index contributed by atoms with van der Waals surface area (Å²) in [4.78, 5) is 0. The van der Waals surface area contributed by atoms with E-state index in [-0.39, 0.29) is 0 Å². The lowest BCUT2D eigenvalue weighted by atomic mass is 10.1. The second-order valence-electron chi connectivity index (χ2n) is 4.37. The van der Waals surface area contributed by atoms with Crippen molar-refractivity contribution in [3.8, 4) is 0 Å². The minimum absolute atomic E-state index is 0.346. The van der Waals surface area contributed by atoms with Crippen LogP contribution in [-0.2, 0) is 9.47 Å². The zero-order valence-corrected chi connectivity index (χ0v) is 9.91. The van der Waals surface area contributed by atoms with Gasteiger partial charge in [-0.15, -0.1) is 0 Å². The molecule has 0 spiro atoms. The van der Waals surface area contributed by atoms with Crippen molar-refractivity contribution >= 4 is 0 Å². The molecule has 15 heavy (non-hydrogen) atoms. The van der Waals surface area contributed by atoms with E-state index < -0.39 is 0 Å². The molecule has 0 saturated carbocycles. The Kier molecular flexibility index (Phi) is 6.98. The molecule has 1 aliphatic heterocycles. The van der Waals surface area contributed by atoms with Crippen molar-refractivity contribution in [3.05, 3.63) is 0 Å². The lowest BCUT2D eigenvalue weighted by molar-refractivity contribution is -0.0412. The number of nitrogens with two attached hydrogens (primary N) is 1. The van der Waals surface area contributed by atoms with Gasteiger partial charge < -0.3 is 15.2 Å². The first-order valence-electron chi connectivity index (χ1n) is 6.28. The normalized spacial score (nSPS) is 24.0. The van der Waals surface area contributed by atoms with Crippen LogP contribution in [0, 0.1) is 0 Å². The molecule has 2 N–H and O–H groups in total. The van der Waals surface area contributed by atoms with Crippen LogP contribution in [0.3, 0.4) is 0 Å². The summed E-state index contributed by atoms with van der Waals surface area (Å²) >= 11 is 0. The average molecular weight is 215 g/mol. The summed E-state index contributed by atoms with van der Waals surface area (Å²) in [6.45, 7) is 4.63. The van der Waals surface area contributed by atoms with Crippen LogP contribution in [0.5, 0.6) is 0 Å². The minimum atomic E-state index is 0.346. The molecule has 1 heterocycles. The molecule has 3 nitrogen and oxygen atoms in total. The van der Waals surface area contributed by atoms with E-state index in [0.29, 0.717) is 12.1 Å². The van der Waals surface area contributed by atoms with E-state index in [9.17, 15) is 0 Å². The summed E-state index contributed by atoms with van der Waals surface area (Å²) in [7, 11) is 0. The molecule has 2 unspecified atom stereocenters. The Morgan fingerprint density at radius 2 is 2.33 bits per heavy atom. The maximum atomic E-state index is 5.82. The summed E-state index contributed by atoms with van der Waals surface area (Å²) in [5.41, 5.74) is 5.82. The molecule has 0 aromatic heterocycles. The Balaban J connectivity index is 1.87. The van der Waals surface area contributed by atoms with Crippen LogP contribution in [0.4, 0.5) is 0 Å². The molecule has 0 aromatic carbocycles. The Bertz CT molecular complexity index is 147. The van der Waals surface area contributed by atoms with Gasteiger partial charge in [0.15, 0.2) is 0 Å². The van der Waals surface area contributed by atoms with Crippen LogP contribution >= 0.6 is 0 Å². The van der Waals surface area contributed by atoms with Crippen molar-refractivity contribution < 1.29 is 9.47 Å². The molecule has 2 atom stereocenters. The highest BCUT2D eigenvalue weighted by molar-refractivity contribution is 4.62. The lowest BCUT2D eigenvalue weighted by Gasteiger charge is -2.22. The van der Waals surface area contributed by atoms with Gasteiger partial charge in [0, 0.05) is 19.3 Å². The topological polar surface area (TPSA) is 44.5 Å². The molecule has 90 valence electrons. The van der Waals surface area contributed by atoms with Crippen molar-refractivity contribution in [1.29, 1.82) is 0 Å². The zero-order valence-electron chi connectivity index (χ0n) is 9.91. The van der Waals surface area contributed by atoms with Gasteiger partial charge in [0.25, 0.3) is 0 Å². The molecule has 0 aliphatic carbocycles. The third-order valence-electron chi connectivity index (χ3n) is 2.97. The van der Waals surface area contributed by atoms with E-state index in [4.69, 9.17) is 15.2 Å². The van der Waals surface area contributed by atoms with Crippen molar-refractivity contribution in [3.63, 3.8) is 0 Å². The smallest absolute Gasteiger partial charge is 0.0808 e. The predicted octanol–water partition coefficient (Wildman–Crippen LogP) is 2.09. The van der Waals surface area contributed by atoms with E-state index in [1.165, 1.54) is 12.8 Å². The van der Waals surface area contributed by atoms with Crippen molar-refractivity contribution in [2.24, 2.45) is 5.73 Å². The maximum Gasteiger partial charge on any atom is 0.0808 e. The summed E-state index contributed by atoms with van der Waals surface area (Å²) in [5.74, 6) is 0. The highest BCUT2D eigenvalue weighted by Gasteiger charge is 2.13. The fourth-order valence-corrected chi connectivity index (χ4v) is 1.81. The van der Waals surface area contributed by atoms with Crippen LogP contribution in [0.15, 0.2) is 0 Å². The van der Waals surface area contributed by atoms with E-state index in [2.05, 4.69) is 6.92 Å². The van der Waals surface area contributed by atoms with Gasteiger partial charge >= 0.3 is 0 Å². The Morgan fingerprint density at radius 3 is 3.00 bits per heavy atom. The fraction of sp³-hybridized carbons (Fsp3) is 1.00. The third kappa shape index (κ3) is 6.13. The molecular formula is C12H25NO2. The molecule has 0 aromatic rings. The van der Waals surface area contributed by atoms with Crippen LogP contribution in [0.1, 0.15) is 45.4 Å². The third-order valence-corrected chi connectivity index (χ3v) is 2.97. The SMILES string of the molecule is CCC(N)CCCOCC1CCCCO1. The van der Waals surface area contributed by atoms with Gasteiger partial charge in [-0.05, 0) is 38.5 Å². The van der Waals surface area contributed by atoms with Gasteiger partial charge in [0.2, 0.25) is 0 Å². The van der Waals surface area contributed by atoms with Crippen LogP contribution < -0.4 is 5.73 Å². The molecule has 1 rings (SSSR count). The molecule has 0 bridgehead atoms. The van der Waals surface area contributed by atoms with Crippen LogP contribution in [0.25, 0.3) is 0 Å². The predicted molar refractivity (Wildman–Crippen MR) is 61.9 cm³/mol. The lowest BCUT2D eigenvalue weighted by Crippen LogP contribution is -2.25. The Morgan fingerprint density at radius 1 is 1.47 bits per heavy atom. The van der Waals surface area contributed by atoms with Crippen molar-refractivity contribution in [2.75, 3.05) is 19.8 Å². The highest BCUT2D eigenvalue weighted by Crippen LogP contribution is 2.12. The summed E-state index contributed by atoms with van der Waals surface area (Å²) < 4.78 is 11.2. The molecule has 1 fully saturated rings. The minimum Gasteiger partial charge on any atom is -0.379 e. The molecule has 3 heteroatoms. The van der Waals surface area contributed by atoms with Gasteiger partial charge in [-0.25, -0.2) is 0 Å². The molecular weight excluding hydrogens is 190 g/mol. The first-order chi connectivity index (χ1) is 7.33. The van der Waals surface area contributed by atoms with E-state index >= 15 is 0 Å². The number of hydrogen-bond donors (Lipinski definition) is 1. The van der Waals surface area contributed by atoms with Gasteiger partial charge in [-0.2, -0.15) is 0 Å². The van der Waals surface area contributed by atoms with Crippen LogP contribution in [-0.4, -0.2) is 32.0 Å². The van der Waals surface area contributed by atoms with Crippen LogP contribution in [0.2, 0.25) is 0 Å². The van der Waals surface area contributed by atoms with E-state index in [0.717, 1.165) is 45.5 Å². The van der Waals surface area contributed by atoms with E-state index in [1.54, 1.807) is 0 Å². The molecule has 0 radical (unpaired) electrons. The molecule has 0 amide bonds. The fourth-order valence-electron chi connectivity index (χ4n) is 1.81. The molecule has 1 aliphatic rings. The van der Waals surface area contributed by atoms with Crippen molar-refractivity contribution in [2.45, 2.75) is 57.6 Å². The number of ether oxygens (including phenoxy) is 2. The highest BCUT2D eigenvalue weighted by atomic mass is 16.5. The first kappa shape index (κ1) is 12.9. The van der Waals surface area contributed by atoms with Gasteiger partial charge in [0.1, 0.15) is 0 Å². The Hall–Kier alpha value is -0.120. The largest absolute Gasteiger partial charge is 0.379 e. The van der Waals surface area contributed by atoms with E-state index in [1.807, 2.05) is 0 Å². The monoisotopic (exact) mass is 215 g/mol. The van der Waals surface area contributed by atoms with Crippen molar-refractivity contribution in [1.82, 2.24) is 0 Å². The van der Waals surface area contributed by atoms with Gasteiger partial charge in [-0.3, -0.25) is 0 Å². The average Bonchev–Trinajstić information content (AvgIpc) is 2.29. The first-order valence-corrected chi connectivity index (χ1v) is 6.28. The second-order valence-corrected chi connectivity index (χ2v) is 4.37. The molecule has 1 saturated heterocycles. The zero-order chi connectivity index (χ0) is 10.9. The van der Waals surface area contributed by atoms with Gasteiger partial charge in [0.05, 0.1) is 12.7 Å². The number of hydrogen-bond acceptors (Lipinski definition) is 3. The summed E-state index contributed by atoms with van der Waals surface area (Å²) in [6.07, 6.45) is 7.21. The maximum absolute atomic E-state index is 5.82.